The van der Waals surface area contributed by atoms with Gasteiger partial charge in [-0.1, -0.05) is 18.2 Å². The minimum absolute atomic E-state index is 0.128. The van der Waals surface area contributed by atoms with Crippen LogP contribution in [-0.4, -0.2) is 46.6 Å². The van der Waals surface area contributed by atoms with Gasteiger partial charge in [0.25, 0.3) is 5.91 Å². The number of para-hydroxylation sites is 1. The summed E-state index contributed by atoms with van der Waals surface area (Å²) in [6.07, 6.45) is -1.15. The van der Waals surface area contributed by atoms with Crippen molar-refractivity contribution in [3.63, 3.8) is 0 Å². The summed E-state index contributed by atoms with van der Waals surface area (Å²) in [6, 6.07) is 13.0. The molecule has 0 heterocycles. The monoisotopic (exact) mass is 346 g/mol. The van der Waals surface area contributed by atoms with Gasteiger partial charge in [-0.25, -0.2) is 0 Å². The molecule has 7 nitrogen and oxygen atoms in total. The molecule has 0 aliphatic rings. The molecule has 2 rings (SSSR count). The second-order valence-corrected chi connectivity index (χ2v) is 5.58. The third-order valence-electron chi connectivity index (χ3n) is 3.43. The van der Waals surface area contributed by atoms with Gasteiger partial charge >= 0.3 is 0 Å². The van der Waals surface area contributed by atoms with Crippen molar-refractivity contribution in [2.75, 3.05) is 13.2 Å². The topological polar surface area (TPSA) is 111 Å². The lowest BCUT2D eigenvalue weighted by Gasteiger charge is -2.19. The fourth-order valence-corrected chi connectivity index (χ4v) is 2.08. The lowest BCUT2D eigenvalue weighted by atomic mass is 10.2. The Balaban J connectivity index is 1.73. The maximum Gasteiger partial charge on any atom is 0.252 e. The number of aliphatic hydroxyl groups excluding tert-OH is 1. The van der Waals surface area contributed by atoms with Gasteiger partial charge in [0.1, 0.15) is 18.5 Å². The first kappa shape index (κ1) is 18.6. The van der Waals surface area contributed by atoms with Crippen molar-refractivity contribution in [2.45, 2.75) is 19.2 Å². The summed E-state index contributed by atoms with van der Waals surface area (Å²) in [7, 11) is 0. The molecule has 0 radical (unpaired) electrons. The van der Waals surface area contributed by atoms with Crippen LogP contribution in [0.4, 0.5) is 0 Å². The number of hydrogen-bond donors (Lipinski definition) is 5. The molecule has 0 aliphatic heterocycles. The van der Waals surface area contributed by atoms with Crippen molar-refractivity contribution in [1.29, 1.82) is 0 Å². The molecule has 2 unspecified atom stereocenters. The summed E-state index contributed by atoms with van der Waals surface area (Å²) in [5.41, 5.74) is 0.219. The van der Waals surface area contributed by atoms with Crippen LogP contribution in [0.5, 0.6) is 17.2 Å². The third kappa shape index (κ3) is 5.98. The normalized spacial score (nSPS) is 13.0. The Kier molecular flexibility index (Phi) is 6.62. The largest absolute Gasteiger partial charge is 0.504 e. The number of phenolic OH excluding ortho intramolecular Hbond substituents is 2. The van der Waals surface area contributed by atoms with Crippen molar-refractivity contribution in [3.8, 4) is 17.2 Å². The van der Waals surface area contributed by atoms with Crippen LogP contribution in [0, 0.1) is 0 Å². The van der Waals surface area contributed by atoms with Crippen LogP contribution in [0.25, 0.3) is 0 Å². The zero-order valence-electron chi connectivity index (χ0n) is 13.8. The van der Waals surface area contributed by atoms with E-state index < -0.39 is 18.2 Å². The van der Waals surface area contributed by atoms with Crippen molar-refractivity contribution in [2.24, 2.45) is 0 Å². The minimum Gasteiger partial charge on any atom is -0.504 e. The highest BCUT2D eigenvalue weighted by atomic mass is 16.5. The second kappa shape index (κ2) is 8.91. The summed E-state index contributed by atoms with van der Waals surface area (Å²) in [6.45, 7) is 2.08. The highest BCUT2D eigenvalue weighted by Crippen LogP contribution is 2.24. The van der Waals surface area contributed by atoms with Gasteiger partial charge in [0.05, 0.1) is 6.17 Å². The van der Waals surface area contributed by atoms with Gasteiger partial charge in [-0.15, -0.1) is 0 Å². The van der Waals surface area contributed by atoms with E-state index in [9.17, 15) is 20.1 Å². The number of carbonyl (C=O) groups is 1. The predicted molar refractivity (Wildman–Crippen MR) is 92.6 cm³/mol. The van der Waals surface area contributed by atoms with Crippen molar-refractivity contribution >= 4 is 5.91 Å². The van der Waals surface area contributed by atoms with Crippen molar-refractivity contribution in [3.05, 3.63) is 54.1 Å². The highest BCUT2D eigenvalue weighted by molar-refractivity contribution is 5.95. The predicted octanol–water partition coefficient (Wildman–Crippen LogP) is 1.20. The molecule has 0 aliphatic carbocycles. The van der Waals surface area contributed by atoms with Gasteiger partial charge in [0.2, 0.25) is 0 Å². The van der Waals surface area contributed by atoms with Gasteiger partial charge in [-0.2, -0.15) is 0 Å². The molecule has 0 bridgehead atoms. The van der Waals surface area contributed by atoms with Gasteiger partial charge in [-0.3, -0.25) is 10.1 Å². The molecule has 2 atom stereocenters. The van der Waals surface area contributed by atoms with Crippen LogP contribution in [-0.2, 0) is 0 Å². The molecule has 2 aromatic carbocycles. The van der Waals surface area contributed by atoms with E-state index in [2.05, 4.69) is 10.6 Å². The summed E-state index contributed by atoms with van der Waals surface area (Å²) < 4.78 is 5.45. The third-order valence-corrected chi connectivity index (χ3v) is 3.43. The zero-order chi connectivity index (χ0) is 18.2. The molecule has 1 amide bonds. The van der Waals surface area contributed by atoms with Crippen LogP contribution >= 0.6 is 0 Å². The number of amides is 1. The first-order valence-electron chi connectivity index (χ1n) is 7.88. The van der Waals surface area contributed by atoms with Gasteiger partial charge in [-0.05, 0) is 37.3 Å². The quantitative estimate of drug-likeness (QED) is 0.363. The zero-order valence-corrected chi connectivity index (χ0v) is 13.8. The molecule has 5 N–H and O–H groups in total. The maximum absolute atomic E-state index is 12.0. The van der Waals surface area contributed by atoms with Crippen molar-refractivity contribution < 1.29 is 24.9 Å². The molecule has 2 aromatic rings. The number of hydrogen-bond acceptors (Lipinski definition) is 6. The van der Waals surface area contributed by atoms with E-state index in [-0.39, 0.29) is 30.2 Å². The molecule has 0 fully saturated rings. The molecule has 0 saturated carbocycles. The van der Waals surface area contributed by atoms with E-state index in [1.54, 1.807) is 19.1 Å². The minimum atomic E-state index is -0.739. The Bertz CT molecular complexity index is 693. The Morgan fingerprint density at radius 2 is 1.84 bits per heavy atom. The SMILES string of the molecule is CC(NCC(O)COc1ccccc1)NC(=O)c1ccc(O)c(O)c1. The molecule has 0 saturated heterocycles. The average Bonchev–Trinajstić information content (AvgIpc) is 2.61. The molecule has 7 heteroatoms. The average molecular weight is 346 g/mol. The Morgan fingerprint density at radius 3 is 2.52 bits per heavy atom. The number of benzene rings is 2. The van der Waals surface area contributed by atoms with Crippen LogP contribution in [0.15, 0.2) is 48.5 Å². The number of ether oxygens (including phenoxy) is 1. The molecular weight excluding hydrogens is 324 g/mol. The van der Waals surface area contributed by atoms with E-state index in [1.165, 1.54) is 18.2 Å². The fraction of sp³-hybridized carbons (Fsp3) is 0.278. The summed E-state index contributed by atoms with van der Waals surface area (Å²) >= 11 is 0. The van der Waals surface area contributed by atoms with Gasteiger partial charge in [0.15, 0.2) is 11.5 Å². The number of carbonyl (C=O) groups excluding carboxylic acids is 1. The van der Waals surface area contributed by atoms with Crippen LogP contribution < -0.4 is 15.4 Å². The molecule has 25 heavy (non-hydrogen) atoms. The Hall–Kier alpha value is -2.77. The van der Waals surface area contributed by atoms with E-state index in [1.807, 2.05) is 18.2 Å². The second-order valence-electron chi connectivity index (χ2n) is 5.58. The summed E-state index contributed by atoms with van der Waals surface area (Å²) in [4.78, 5) is 12.0. The smallest absolute Gasteiger partial charge is 0.252 e. The first-order valence-corrected chi connectivity index (χ1v) is 7.88. The number of phenols is 2. The van der Waals surface area contributed by atoms with Crippen LogP contribution in [0.1, 0.15) is 17.3 Å². The summed E-state index contributed by atoms with van der Waals surface area (Å²) in [5, 5.41) is 34.2. The first-order chi connectivity index (χ1) is 12.0. The Morgan fingerprint density at radius 1 is 1.12 bits per heavy atom. The number of nitrogens with one attached hydrogen (secondary N) is 2. The van der Waals surface area contributed by atoms with Crippen molar-refractivity contribution in [1.82, 2.24) is 10.6 Å². The van der Waals surface area contributed by atoms with E-state index in [0.717, 1.165) is 0 Å². The molecule has 134 valence electrons. The lowest BCUT2D eigenvalue weighted by Crippen LogP contribution is -2.46. The number of rotatable bonds is 8. The van der Waals surface area contributed by atoms with E-state index >= 15 is 0 Å². The molecule has 0 aromatic heterocycles. The van der Waals surface area contributed by atoms with E-state index in [0.29, 0.717) is 5.75 Å². The number of aromatic hydroxyl groups is 2. The van der Waals surface area contributed by atoms with Crippen LogP contribution in [0.3, 0.4) is 0 Å². The standard InChI is InChI=1S/C18H22N2O5/c1-12(20-18(24)13-7-8-16(22)17(23)9-13)19-10-14(21)11-25-15-5-3-2-4-6-15/h2-9,12,14,19,21-23H,10-11H2,1H3,(H,20,24). The Labute approximate surface area is 145 Å². The molecular formula is C18H22N2O5. The number of aliphatic hydroxyl groups is 1. The fourth-order valence-electron chi connectivity index (χ4n) is 2.08. The highest BCUT2D eigenvalue weighted by Gasteiger charge is 2.13. The summed E-state index contributed by atoms with van der Waals surface area (Å²) in [5.74, 6) is -0.383. The molecule has 0 spiro atoms. The maximum atomic E-state index is 12.0. The van der Waals surface area contributed by atoms with E-state index in [4.69, 9.17) is 4.74 Å². The van der Waals surface area contributed by atoms with Crippen LogP contribution in [0.2, 0.25) is 0 Å². The lowest BCUT2D eigenvalue weighted by molar-refractivity contribution is 0.0895. The van der Waals surface area contributed by atoms with Gasteiger partial charge in [0, 0.05) is 12.1 Å². The van der Waals surface area contributed by atoms with Gasteiger partial charge < -0.3 is 25.4 Å².